The third-order valence-electron chi connectivity index (χ3n) is 6.28. The van der Waals surface area contributed by atoms with Gasteiger partial charge in [-0.05, 0) is 43.3 Å². The number of amides is 1. The molecule has 0 aliphatic heterocycles. The summed E-state index contributed by atoms with van der Waals surface area (Å²) in [5.41, 5.74) is 1.23. The van der Waals surface area contributed by atoms with E-state index in [2.05, 4.69) is 19.1 Å². The lowest BCUT2D eigenvalue weighted by Crippen LogP contribution is -2.46. The van der Waals surface area contributed by atoms with Crippen LogP contribution in [0.5, 0.6) is 0 Å². The Balaban J connectivity index is 2.40. The number of thioether (sulfide) groups is 1. The van der Waals surface area contributed by atoms with E-state index in [1.807, 2.05) is 24.5 Å². The van der Waals surface area contributed by atoms with Crippen LogP contribution in [0.2, 0.25) is 0 Å². The average molecular weight is 478 g/mol. The monoisotopic (exact) mass is 477 g/mol. The Hall–Kier alpha value is -1.49. The lowest BCUT2D eigenvalue weighted by atomic mass is 10.0. The van der Waals surface area contributed by atoms with E-state index >= 15 is 0 Å². The van der Waals surface area contributed by atoms with E-state index in [-0.39, 0.29) is 5.91 Å². The van der Waals surface area contributed by atoms with Gasteiger partial charge in [-0.2, -0.15) is 11.8 Å². The van der Waals surface area contributed by atoms with Gasteiger partial charge >= 0.3 is 5.97 Å². The minimum absolute atomic E-state index is 0.00693. The molecular formula is C28H47NO3S. The summed E-state index contributed by atoms with van der Waals surface area (Å²) in [6.45, 7) is 2.76. The number of aryl methyl sites for hydroxylation is 1. The number of nitrogens with zero attached hydrogens (tertiary/aromatic N) is 1. The summed E-state index contributed by atoms with van der Waals surface area (Å²) in [5, 5.41) is 9.79. The van der Waals surface area contributed by atoms with E-state index < -0.39 is 12.0 Å². The zero-order chi connectivity index (χ0) is 24.2. The molecule has 1 rings (SSSR count). The minimum Gasteiger partial charge on any atom is -0.480 e. The molecule has 0 fully saturated rings. The Morgan fingerprint density at radius 2 is 1.45 bits per heavy atom. The van der Waals surface area contributed by atoms with Crippen LogP contribution in [0.1, 0.15) is 102 Å². The summed E-state index contributed by atoms with van der Waals surface area (Å²) in [6.07, 6.45) is 18.3. The molecule has 1 aromatic carbocycles. The van der Waals surface area contributed by atoms with Crippen molar-refractivity contribution in [2.24, 2.45) is 0 Å². The normalized spacial score (nSPS) is 11.9. The molecule has 0 aromatic heterocycles. The van der Waals surface area contributed by atoms with Gasteiger partial charge in [0.15, 0.2) is 0 Å². The number of aliphatic carboxylic acids is 1. The van der Waals surface area contributed by atoms with Crippen molar-refractivity contribution in [3.63, 3.8) is 0 Å². The number of unbranched alkanes of at least 4 members (excludes halogenated alkanes) is 10. The van der Waals surface area contributed by atoms with Crippen molar-refractivity contribution in [2.45, 2.75) is 109 Å². The molecule has 0 aliphatic rings. The molecule has 0 heterocycles. The van der Waals surface area contributed by atoms with Crippen molar-refractivity contribution in [3.8, 4) is 0 Å². The van der Waals surface area contributed by atoms with Gasteiger partial charge < -0.3 is 10.0 Å². The van der Waals surface area contributed by atoms with Gasteiger partial charge in [0.25, 0.3) is 0 Å². The number of carbonyl (C=O) groups excluding carboxylic acids is 1. The maximum Gasteiger partial charge on any atom is 0.326 e. The molecule has 0 aliphatic carbocycles. The van der Waals surface area contributed by atoms with Crippen LogP contribution in [0, 0.1) is 0 Å². The standard InChI is InChI=1S/C28H47NO3S/c1-3-4-5-6-7-8-9-10-11-12-16-21-27(30)29(26(28(31)32)22-24-33-2)23-17-20-25-18-14-13-15-19-25/h13-15,18-19,26H,3-12,16-17,20-24H2,1-2H3,(H,31,32)/t26-/m1/s1. The predicted molar refractivity (Wildman–Crippen MR) is 142 cm³/mol. The van der Waals surface area contributed by atoms with Crippen molar-refractivity contribution >= 4 is 23.6 Å². The molecule has 0 saturated carbocycles. The molecule has 0 radical (unpaired) electrons. The van der Waals surface area contributed by atoms with Crippen LogP contribution in [-0.2, 0) is 16.0 Å². The first-order valence-electron chi connectivity index (χ1n) is 13.1. The minimum atomic E-state index is -0.879. The molecule has 0 spiro atoms. The fourth-order valence-corrected chi connectivity index (χ4v) is 4.74. The Kier molecular flexibility index (Phi) is 17.8. The topological polar surface area (TPSA) is 57.6 Å². The van der Waals surface area contributed by atoms with E-state index in [1.165, 1.54) is 63.4 Å². The Morgan fingerprint density at radius 3 is 2.00 bits per heavy atom. The number of carboxylic acids is 1. The third kappa shape index (κ3) is 14.4. The van der Waals surface area contributed by atoms with Gasteiger partial charge in [-0.15, -0.1) is 0 Å². The SMILES string of the molecule is CCCCCCCCCCCCCC(=O)N(CCCc1ccccc1)[C@H](CCSC)C(=O)O. The van der Waals surface area contributed by atoms with E-state index in [0.29, 0.717) is 19.4 Å². The number of rotatable bonds is 21. The first-order valence-corrected chi connectivity index (χ1v) is 14.5. The molecule has 188 valence electrons. The molecule has 4 nitrogen and oxygen atoms in total. The lowest BCUT2D eigenvalue weighted by Gasteiger charge is -2.29. The molecule has 0 saturated heterocycles. The van der Waals surface area contributed by atoms with Gasteiger partial charge in [-0.3, -0.25) is 4.79 Å². The second kappa shape index (κ2) is 19.9. The van der Waals surface area contributed by atoms with Crippen molar-refractivity contribution in [1.82, 2.24) is 4.90 Å². The maximum absolute atomic E-state index is 13.0. The smallest absolute Gasteiger partial charge is 0.326 e. The predicted octanol–water partition coefficient (Wildman–Crippen LogP) is 7.36. The Bertz CT molecular complexity index is 623. The molecule has 0 bridgehead atoms. The van der Waals surface area contributed by atoms with Crippen LogP contribution in [0.3, 0.4) is 0 Å². The fraction of sp³-hybridized carbons (Fsp3) is 0.714. The van der Waals surface area contributed by atoms with E-state index in [1.54, 1.807) is 16.7 Å². The van der Waals surface area contributed by atoms with Crippen molar-refractivity contribution in [2.75, 3.05) is 18.6 Å². The third-order valence-corrected chi connectivity index (χ3v) is 6.92. The van der Waals surface area contributed by atoms with E-state index in [4.69, 9.17) is 0 Å². The first kappa shape index (κ1) is 29.5. The summed E-state index contributed by atoms with van der Waals surface area (Å²) < 4.78 is 0. The van der Waals surface area contributed by atoms with Gasteiger partial charge in [0, 0.05) is 13.0 Å². The van der Waals surface area contributed by atoms with Gasteiger partial charge in [-0.25, -0.2) is 4.79 Å². The first-order chi connectivity index (χ1) is 16.1. The number of hydrogen-bond donors (Lipinski definition) is 1. The van der Waals surface area contributed by atoms with E-state index in [9.17, 15) is 14.7 Å². The lowest BCUT2D eigenvalue weighted by molar-refractivity contribution is -0.150. The summed E-state index contributed by atoms with van der Waals surface area (Å²) in [6, 6.07) is 9.48. The fourth-order valence-electron chi connectivity index (χ4n) is 4.28. The largest absolute Gasteiger partial charge is 0.480 e. The number of hydrogen-bond acceptors (Lipinski definition) is 3. The molecule has 1 amide bonds. The van der Waals surface area contributed by atoms with E-state index in [0.717, 1.165) is 31.4 Å². The van der Waals surface area contributed by atoms with Crippen molar-refractivity contribution in [1.29, 1.82) is 0 Å². The molecule has 0 unspecified atom stereocenters. The quantitative estimate of drug-likeness (QED) is 0.188. The van der Waals surface area contributed by atoms with Crippen molar-refractivity contribution in [3.05, 3.63) is 35.9 Å². The molecular weight excluding hydrogens is 430 g/mol. The van der Waals surface area contributed by atoms with Crippen LogP contribution in [-0.4, -0.2) is 46.5 Å². The summed E-state index contributed by atoms with van der Waals surface area (Å²) >= 11 is 1.63. The van der Waals surface area contributed by atoms with Crippen molar-refractivity contribution < 1.29 is 14.7 Å². The summed E-state index contributed by atoms with van der Waals surface area (Å²) in [4.78, 5) is 26.6. The van der Waals surface area contributed by atoms with Crippen LogP contribution >= 0.6 is 11.8 Å². The molecule has 33 heavy (non-hydrogen) atoms. The van der Waals surface area contributed by atoms with Gasteiger partial charge in [0.2, 0.25) is 5.91 Å². The second-order valence-electron chi connectivity index (χ2n) is 9.10. The highest BCUT2D eigenvalue weighted by molar-refractivity contribution is 7.98. The molecule has 1 N–H and O–H groups in total. The highest BCUT2D eigenvalue weighted by Gasteiger charge is 2.28. The van der Waals surface area contributed by atoms with Crippen LogP contribution in [0.15, 0.2) is 30.3 Å². The molecule has 1 atom stereocenters. The Labute approximate surface area is 206 Å². The highest BCUT2D eigenvalue weighted by Crippen LogP contribution is 2.16. The van der Waals surface area contributed by atoms with Crippen LogP contribution in [0.25, 0.3) is 0 Å². The Morgan fingerprint density at radius 1 is 0.879 bits per heavy atom. The zero-order valence-electron chi connectivity index (χ0n) is 21.1. The highest BCUT2D eigenvalue weighted by atomic mass is 32.2. The second-order valence-corrected chi connectivity index (χ2v) is 10.1. The van der Waals surface area contributed by atoms with Gasteiger partial charge in [-0.1, -0.05) is 101 Å². The summed E-state index contributed by atoms with van der Waals surface area (Å²) in [5.74, 6) is -0.124. The molecule has 1 aromatic rings. The number of carboxylic acid groups (broad SMARTS) is 1. The number of carbonyl (C=O) groups is 2. The van der Waals surface area contributed by atoms with Crippen LogP contribution < -0.4 is 0 Å². The zero-order valence-corrected chi connectivity index (χ0v) is 21.9. The van der Waals surface area contributed by atoms with Gasteiger partial charge in [0.05, 0.1) is 0 Å². The average Bonchev–Trinajstić information content (AvgIpc) is 2.82. The summed E-state index contributed by atoms with van der Waals surface area (Å²) in [7, 11) is 0. The van der Waals surface area contributed by atoms with Gasteiger partial charge in [0.1, 0.15) is 6.04 Å². The number of benzene rings is 1. The molecule has 5 heteroatoms. The van der Waals surface area contributed by atoms with Crippen LogP contribution in [0.4, 0.5) is 0 Å². The maximum atomic E-state index is 13.0.